The molecule has 154 valence electrons. The average Bonchev–Trinajstić information content (AvgIpc) is 2.78. The maximum atomic E-state index is 13.8. The van der Waals surface area contributed by atoms with Crippen molar-refractivity contribution in [3.8, 4) is 17.2 Å². The Morgan fingerprint density at radius 3 is 2.47 bits per heavy atom. The van der Waals surface area contributed by atoms with Gasteiger partial charge in [-0.3, -0.25) is 4.79 Å². The van der Waals surface area contributed by atoms with Crippen molar-refractivity contribution in [2.45, 2.75) is 6.61 Å². The molecule has 0 saturated carbocycles. The Morgan fingerprint density at radius 1 is 0.967 bits per heavy atom. The third kappa shape index (κ3) is 5.14. The van der Waals surface area contributed by atoms with E-state index in [1.807, 2.05) is 6.07 Å². The molecular formula is C23H21FN2O4. The van der Waals surface area contributed by atoms with E-state index in [-0.39, 0.29) is 12.4 Å². The fraction of sp³-hybridized carbons (Fsp3) is 0.130. The van der Waals surface area contributed by atoms with E-state index < -0.39 is 5.91 Å². The van der Waals surface area contributed by atoms with Crippen molar-refractivity contribution in [2.24, 2.45) is 5.10 Å². The van der Waals surface area contributed by atoms with Crippen molar-refractivity contribution >= 4 is 12.1 Å². The van der Waals surface area contributed by atoms with Gasteiger partial charge in [0.1, 0.15) is 18.2 Å². The molecule has 1 N–H and O–H groups in total. The van der Waals surface area contributed by atoms with Gasteiger partial charge in [0.05, 0.1) is 20.4 Å². The molecule has 0 heterocycles. The topological polar surface area (TPSA) is 69.2 Å². The number of amides is 1. The second-order valence-electron chi connectivity index (χ2n) is 6.19. The van der Waals surface area contributed by atoms with E-state index in [9.17, 15) is 9.18 Å². The molecule has 3 aromatic carbocycles. The molecule has 3 aromatic rings. The van der Waals surface area contributed by atoms with Crippen LogP contribution in [0.2, 0.25) is 0 Å². The van der Waals surface area contributed by atoms with E-state index in [0.717, 1.165) is 0 Å². The highest BCUT2D eigenvalue weighted by Crippen LogP contribution is 2.27. The summed E-state index contributed by atoms with van der Waals surface area (Å²) in [6.07, 6.45) is 1.47. The number of hydrazone groups is 1. The Balaban J connectivity index is 1.66. The van der Waals surface area contributed by atoms with Crippen LogP contribution in [0, 0.1) is 5.82 Å². The molecule has 0 aliphatic rings. The van der Waals surface area contributed by atoms with E-state index in [0.29, 0.717) is 33.9 Å². The van der Waals surface area contributed by atoms with Gasteiger partial charge in [0, 0.05) is 16.7 Å². The van der Waals surface area contributed by atoms with Crippen LogP contribution in [0.4, 0.5) is 4.39 Å². The van der Waals surface area contributed by atoms with Crippen molar-refractivity contribution in [1.82, 2.24) is 5.43 Å². The van der Waals surface area contributed by atoms with Crippen LogP contribution in [-0.4, -0.2) is 26.3 Å². The molecule has 0 fully saturated rings. The smallest absolute Gasteiger partial charge is 0.271 e. The van der Waals surface area contributed by atoms with Gasteiger partial charge in [0.25, 0.3) is 5.91 Å². The van der Waals surface area contributed by atoms with Crippen LogP contribution in [0.5, 0.6) is 17.2 Å². The van der Waals surface area contributed by atoms with Gasteiger partial charge in [-0.1, -0.05) is 30.3 Å². The molecule has 0 bridgehead atoms. The number of carbonyl (C=O) groups excluding carboxylic acids is 1. The molecule has 0 aromatic heterocycles. The summed E-state index contributed by atoms with van der Waals surface area (Å²) >= 11 is 0. The summed E-state index contributed by atoms with van der Waals surface area (Å²) in [5.41, 5.74) is 3.92. The number of hydrogen-bond donors (Lipinski definition) is 1. The molecule has 0 radical (unpaired) electrons. The number of hydrogen-bond acceptors (Lipinski definition) is 5. The van der Waals surface area contributed by atoms with Crippen LogP contribution in [0.1, 0.15) is 21.5 Å². The lowest BCUT2D eigenvalue weighted by Crippen LogP contribution is -2.17. The zero-order valence-electron chi connectivity index (χ0n) is 16.6. The van der Waals surface area contributed by atoms with Gasteiger partial charge in [0.15, 0.2) is 11.5 Å². The van der Waals surface area contributed by atoms with Crippen molar-refractivity contribution in [1.29, 1.82) is 0 Å². The van der Waals surface area contributed by atoms with Gasteiger partial charge in [-0.05, 0) is 36.4 Å². The van der Waals surface area contributed by atoms with Crippen LogP contribution >= 0.6 is 0 Å². The minimum Gasteiger partial charge on any atom is -0.493 e. The molecule has 0 aliphatic carbocycles. The molecule has 3 rings (SSSR count). The van der Waals surface area contributed by atoms with E-state index in [4.69, 9.17) is 14.2 Å². The lowest BCUT2D eigenvalue weighted by atomic mass is 10.2. The zero-order valence-corrected chi connectivity index (χ0v) is 16.6. The third-order valence-electron chi connectivity index (χ3n) is 4.28. The number of ether oxygens (including phenoxy) is 3. The maximum absolute atomic E-state index is 13.8. The van der Waals surface area contributed by atoms with Gasteiger partial charge in [-0.2, -0.15) is 5.10 Å². The fourth-order valence-corrected chi connectivity index (χ4v) is 2.69. The summed E-state index contributed by atoms with van der Waals surface area (Å²) in [6.45, 7) is 0.0789. The Hall–Kier alpha value is -3.87. The second kappa shape index (κ2) is 10.1. The van der Waals surface area contributed by atoms with Crippen LogP contribution in [0.15, 0.2) is 71.8 Å². The highest BCUT2D eigenvalue weighted by molar-refractivity contribution is 5.95. The zero-order chi connectivity index (χ0) is 21.3. The summed E-state index contributed by atoms with van der Waals surface area (Å²) < 4.78 is 29.9. The standard InChI is InChI=1S/C23H21FN2O4/c1-28-21-12-11-16(13-22(21)29-2)23(27)26-25-14-17-7-4-6-10-20(17)30-15-18-8-3-5-9-19(18)24/h3-14H,15H2,1-2H3,(H,26,27)/b25-14+. The predicted octanol–water partition coefficient (Wildman–Crippen LogP) is 4.19. The number of nitrogens with one attached hydrogen (secondary N) is 1. The SMILES string of the molecule is COc1ccc(C(=O)N/N=C/c2ccccc2OCc2ccccc2F)cc1OC. The summed E-state index contributed by atoms with van der Waals surface area (Å²) in [4.78, 5) is 12.3. The molecular weight excluding hydrogens is 387 g/mol. The Kier molecular flexibility index (Phi) is 7.00. The van der Waals surface area contributed by atoms with Gasteiger partial charge >= 0.3 is 0 Å². The minimum atomic E-state index is -0.406. The van der Waals surface area contributed by atoms with Crippen molar-refractivity contribution in [3.05, 3.63) is 89.2 Å². The summed E-state index contributed by atoms with van der Waals surface area (Å²) in [7, 11) is 3.02. The highest BCUT2D eigenvalue weighted by atomic mass is 19.1. The quantitative estimate of drug-likeness (QED) is 0.448. The Labute approximate surface area is 173 Å². The highest BCUT2D eigenvalue weighted by Gasteiger charge is 2.10. The minimum absolute atomic E-state index is 0.0789. The van der Waals surface area contributed by atoms with Gasteiger partial charge < -0.3 is 14.2 Å². The van der Waals surface area contributed by atoms with Crippen LogP contribution in [0.3, 0.4) is 0 Å². The number of halogens is 1. The van der Waals surface area contributed by atoms with E-state index in [2.05, 4.69) is 10.5 Å². The summed E-state index contributed by atoms with van der Waals surface area (Å²) in [5, 5.41) is 4.00. The molecule has 30 heavy (non-hydrogen) atoms. The third-order valence-corrected chi connectivity index (χ3v) is 4.28. The van der Waals surface area contributed by atoms with E-state index in [1.165, 1.54) is 26.5 Å². The molecule has 6 nitrogen and oxygen atoms in total. The molecule has 0 aliphatic heterocycles. The maximum Gasteiger partial charge on any atom is 0.271 e. The van der Waals surface area contributed by atoms with Gasteiger partial charge in [-0.25, -0.2) is 9.82 Å². The number of carbonyl (C=O) groups is 1. The van der Waals surface area contributed by atoms with Crippen molar-refractivity contribution in [2.75, 3.05) is 14.2 Å². The second-order valence-corrected chi connectivity index (χ2v) is 6.19. The first-order valence-electron chi connectivity index (χ1n) is 9.13. The lowest BCUT2D eigenvalue weighted by molar-refractivity contribution is 0.0954. The number of methoxy groups -OCH3 is 2. The number of rotatable bonds is 8. The first kappa shape index (κ1) is 20.9. The van der Waals surface area contributed by atoms with E-state index >= 15 is 0 Å². The Morgan fingerprint density at radius 2 is 1.70 bits per heavy atom. The average molecular weight is 408 g/mol. The van der Waals surface area contributed by atoms with E-state index in [1.54, 1.807) is 54.6 Å². The van der Waals surface area contributed by atoms with Gasteiger partial charge in [-0.15, -0.1) is 0 Å². The molecule has 0 unspecified atom stereocenters. The first-order valence-corrected chi connectivity index (χ1v) is 9.13. The summed E-state index contributed by atoms with van der Waals surface area (Å²) in [5.74, 6) is 0.757. The van der Waals surface area contributed by atoms with Crippen molar-refractivity contribution < 1.29 is 23.4 Å². The molecule has 0 atom stereocenters. The number of benzene rings is 3. The molecule has 0 saturated heterocycles. The first-order chi connectivity index (χ1) is 14.6. The number of nitrogens with zero attached hydrogens (tertiary/aromatic N) is 1. The monoisotopic (exact) mass is 408 g/mol. The lowest BCUT2D eigenvalue weighted by Gasteiger charge is -2.10. The predicted molar refractivity (Wildman–Crippen MR) is 112 cm³/mol. The molecule has 1 amide bonds. The number of para-hydroxylation sites is 1. The van der Waals surface area contributed by atoms with Crippen molar-refractivity contribution in [3.63, 3.8) is 0 Å². The van der Waals surface area contributed by atoms with Gasteiger partial charge in [0.2, 0.25) is 0 Å². The largest absolute Gasteiger partial charge is 0.493 e. The van der Waals surface area contributed by atoms with Crippen LogP contribution < -0.4 is 19.6 Å². The Bertz CT molecular complexity index is 1050. The molecule has 0 spiro atoms. The fourth-order valence-electron chi connectivity index (χ4n) is 2.69. The van der Waals surface area contributed by atoms with Crippen LogP contribution in [0.25, 0.3) is 0 Å². The summed E-state index contributed by atoms with van der Waals surface area (Å²) in [6, 6.07) is 18.4. The van der Waals surface area contributed by atoms with Crippen LogP contribution in [-0.2, 0) is 6.61 Å². The normalized spacial score (nSPS) is 10.6. The molecule has 7 heteroatoms.